The van der Waals surface area contributed by atoms with Crippen molar-refractivity contribution in [2.75, 3.05) is 0 Å². The summed E-state index contributed by atoms with van der Waals surface area (Å²) in [6, 6.07) is 11.2. The molecule has 1 aliphatic rings. The Kier molecular flexibility index (Phi) is 3.59. The van der Waals surface area contributed by atoms with Crippen LogP contribution in [0, 0.1) is 6.92 Å². The molecule has 22 heavy (non-hydrogen) atoms. The van der Waals surface area contributed by atoms with Gasteiger partial charge in [0.25, 0.3) is 0 Å². The second kappa shape index (κ2) is 5.56. The fourth-order valence-electron chi connectivity index (χ4n) is 2.54. The third-order valence-electron chi connectivity index (χ3n) is 3.79. The minimum absolute atomic E-state index is 0.0169. The van der Waals surface area contributed by atoms with Gasteiger partial charge < -0.3 is 14.9 Å². The van der Waals surface area contributed by atoms with Crippen molar-refractivity contribution in [3.8, 4) is 11.5 Å². The molecule has 2 N–H and O–H groups in total. The van der Waals surface area contributed by atoms with Crippen LogP contribution in [0.25, 0.3) is 6.08 Å². The molecular formula is C18H16O4. The molecule has 2 aromatic carbocycles. The van der Waals surface area contributed by atoms with Gasteiger partial charge in [0.2, 0.25) is 0 Å². The summed E-state index contributed by atoms with van der Waals surface area (Å²) in [6.07, 6.45) is 3.70. The number of hydrogen-bond donors (Lipinski definition) is 2. The predicted octanol–water partition coefficient (Wildman–Crippen LogP) is 3.20. The first-order valence-electron chi connectivity index (χ1n) is 7.05. The smallest absolute Gasteiger partial charge is 0.342 e. The van der Waals surface area contributed by atoms with Gasteiger partial charge in [-0.2, -0.15) is 0 Å². The van der Waals surface area contributed by atoms with E-state index < -0.39 is 12.1 Å². The predicted molar refractivity (Wildman–Crippen MR) is 82.9 cm³/mol. The highest BCUT2D eigenvalue weighted by molar-refractivity contribution is 5.96. The summed E-state index contributed by atoms with van der Waals surface area (Å²) in [6.45, 7) is 1.56. The molecule has 1 unspecified atom stereocenters. The van der Waals surface area contributed by atoms with Gasteiger partial charge in [-0.05, 0) is 30.2 Å². The van der Waals surface area contributed by atoms with Gasteiger partial charge in [-0.1, -0.05) is 36.4 Å². The fraction of sp³-hybridized carbons (Fsp3) is 0.167. The summed E-state index contributed by atoms with van der Waals surface area (Å²) < 4.78 is 5.34. The van der Waals surface area contributed by atoms with E-state index in [1.807, 2.05) is 42.5 Å². The van der Waals surface area contributed by atoms with Crippen molar-refractivity contribution < 1.29 is 19.7 Å². The van der Waals surface area contributed by atoms with Crippen LogP contribution in [-0.4, -0.2) is 22.3 Å². The molecule has 0 aliphatic carbocycles. The summed E-state index contributed by atoms with van der Waals surface area (Å²) in [5, 5.41) is 19.8. The minimum Gasteiger partial charge on any atom is -0.508 e. The van der Waals surface area contributed by atoms with Crippen molar-refractivity contribution in [2.45, 2.75) is 19.4 Å². The van der Waals surface area contributed by atoms with E-state index in [1.54, 1.807) is 6.92 Å². The molecule has 0 fully saturated rings. The summed E-state index contributed by atoms with van der Waals surface area (Å²) in [5.41, 5.74) is 2.05. The normalized spacial score (nSPS) is 17.3. The molecular weight excluding hydrogens is 280 g/mol. The van der Waals surface area contributed by atoms with Crippen LogP contribution < -0.4 is 0 Å². The molecule has 3 rings (SSSR count). The van der Waals surface area contributed by atoms with E-state index in [2.05, 4.69) is 0 Å². The lowest BCUT2D eigenvalue weighted by molar-refractivity contribution is 0.0354. The van der Waals surface area contributed by atoms with Gasteiger partial charge in [0, 0.05) is 12.0 Å². The standard InChI is InChI=1S/C18H16O4/c1-11-15(19)10-13-9-14(22-18(21)16(13)17(11)20)8-7-12-5-3-2-4-6-12/h2-8,10,14,19-20H,9H2,1H3/b8-7+. The van der Waals surface area contributed by atoms with E-state index >= 15 is 0 Å². The molecule has 0 bridgehead atoms. The van der Waals surface area contributed by atoms with E-state index in [-0.39, 0.29) is 22.6 Å². The van der Waals surface area contributed by atoms with Gasteiger partial charge in [-0.15, -0.1) is 0 Å². The Morgan fingerprint density at radius 2 is 1.95 bits per heavy atom. The minimum atomic E-state index is -0.565. The Morgan fingerprint density at radius 3 is 2.68 bits per heavy atom. The number of hydrogen-bond acceptors (Lipinski definition) is 4. The number of esters is 1. The lowest BCUT2D eigenvalue weighted by atomic mass is 9.94. The monoisotopic (exact) mass is 296 g/mol. The van der Waals surface area contributed by atoms with Crippen molar-refractivity contribution in [3.63, 3.8) is 0 Å². The molecule has 4 nitrogen and oxygen atoms in total. The summed E-state index contributed by atoms with van der Waals surface area (Å²) in [5.74, 6) is -0.785. The zero-order chi connectivity index (χ0) is 15.7. The van der Waals surface area contributed by atoms with Crippen LogP contribution in [0.4, 0.5) is 0 Å². The SMILES string of the molecule is Cc1c(O)cc2c(c1O)C(=O)OC(/C=C/c1ccccc1)C2. The maximum Gasteiger partial charge on any atom is 0.342 e. The Labute approximate surface area is 128 Å². The zero-order valence-corrected chi connectivity index (χ0v) is 12.1. The van der Waals surface area contributed by atoms with Gasteiger partial charge >= 0.3 is 5.97 Å². The molecule has 1 atom stereocenters. The molecule has 112 valence electrons. The Morgan fingerprint density at radius 1 is 1.23 bits per heavy atom. The third kappa shape index (κ3) is 2.55. The summed E-state index contributed by atoms with van der Waals surface area (Å²) in [4.78, 5) is 12.1. The first kappa shape index (κ1) is 14.2. The van der Waals surface area contributed by atoms with Crippen molar-refractivity contribution in [3.05, 3.63) is 64.7 Å². The molecule has 1 aliphatic heterocycles. The number of benzene rings is 2. The lowest BCUT2D eigenvalue weighted by Gasteiger charge is -2.24. The molecule has 4 heteroatoms. The Hall–Kier alpha value is -2.75. The highest BCUT2D eigenvalue weighted by atomic mass is 16.5. The van der Waals surface area contributed by atoms with Gasteiger partial charge in [0.1, 0.15) is 23.2 Å². The Bertz CT molecular complexity index is 747. The molecule has 0 radical (unpaired) electrons. The number of fused-ring (bicyclic) bond motifs is 1. The van der Waals surface area contributed by atoms with Crippen LogP contribution in [0.2, 0.25) is 0 Å². The summed E-state index contributed by atoms with van der Waals surface area (Å²) >= 11 is 0. The van der Waals surface area contributed by atoms with Crippen LogP contribution in [-0.2, 0) is 11.2 Å². The fourth-order valence-corrected chi connectivity index (χ4v) is 2.54. The molecule has 0 saturated heterocycles. The zero-order valence-electron chi connectivity index (χ0n) is 12.1. The van der Waals surface area contributed by atoms with Crippen LogP contribution >= 0.6 is 0 Å². The molecule has 0 saturated carbocycles. The third-order valence-corrected chi connectivity index (χ3v) is 3.79. The van der Waals surface area contributed by atoms with Crippen molar-refractivity contribution in [2.24, 2.45) is 0 Å². The number of phenolic OH excluding ortho intramolecular Hbond substituents is 2. The molecule has 2 aromatic rings. The second-order valence-corrected chi connectivity index (χ2v) is 5.32. The van der Waals surface area contributed by atoms with Crippen LogP contribution in [0.15, 0.2) is 42.5 Å². The lowest BCUT2D eigenvalue weighted by Crippen LogP contribution is -2.26. The van der Waals surface area contributed by atoms with E-state index in [0.29, 0.717) is 12.0 Å². The van der Waals surface area contributed by atoms with Gasteiger partial charge in [-0.3, -0.25) is 0 Å². The summed E-state index contributed by atoms with van der Waals surface area (Å²) in [7, 11) is 0. The first-order valence-corrected chi connectivity index (χ1v) is 7.05. The number of carbonyl (C=O) groups excluding carboxylic acids is 1. The largest absolute Gasteiger partial charge is 0.508 e. The highest BCUT2D eigenvalue weighted by Gasteiger charge is 2.29. The van der Waals surface area contributed by atoms with E-state index in [4.69, 9.17) is 4.74 Å². The van der Waals surface area contributed by atoms with Gasteiger partial charge in [0.15, 0.2) is 0 Å². The number of rotatable bonds is 2. The molecule has 0 amide bonds. The Balaban J connectivity index is 1.89. The number of carbonyl (C=O) groups is 1. The number of phenols is 2. The highest BCUT2D eigenvalue weighted by Crippen LogP contribution is 2.36. The van der Waals surface area contributed by atoms with Gasteiger partial charge in [-0.25, -0.2) is 4.79 Å². The number of ether oxygens (including phenoxy) is 1. The van der Waals surface area contributed by atoms with Crippen molar-refractivity contribution in [1.82, 2.24) is 0 Å². The first-order chi connectivity index (χ1) is 10.6. The van der Waals surface area contributed by atoms with Crippen molar-refractivity contribution in [1.29, 1.82) is 0 Å². The van der Waals surface area contributed by atoms with E-state index in [9.17, 15) is 15.0 Å². The second-order valence-electron chi connectivity index (χ2n) is 5.32. The van der Waals surface area contributed by atoms with E-state index in [0.717, 1.165) is 5.56 Å². The number of cyclic esters (lactones) is 1. The molecule has 1 heterocycles. The van der Waals surface area contributed by atoms with E-state index in [1.165, 1.54) is 6.07 Å². The van der Waals surface area contributed by atoms with Crippen LogP contribution in [0.1, 0.15) is 27.0 Å². The average Bonchev–Trinajstić information content (AvgIpc) is 2.51. The molecule has 0 aromatic heterocycles. The van der Waals surface area contributed by atoms with Crippen molar-refractivity contribution >= 4 is 12.0 Å². The van der Waals surface area contributed by atoms with Gasteiger partial charge in [0.05, 0.1) is 0 Å². The maximum absolute atomic E-state index is 12.1. The maximum atomic E-state index is 12.1. The number of aromatic hydroxyl groups is 2. The molecule has 0 spiro atoms. The average molecular weight is 296 g/mol. The topological polar surface area (TPSA) is 66.8 Å². The quantitative estimate of drug-likeness (QED) is 0.835. The van der Waals surface area contributed by atoms with Crippen LogP contribution in [0.5, 0.6) is 11.5 Å². The van der Waals surface area contributed by atoms with Crippen LogP contribution in [0.3, 0.4) is 0 Å².